The predicted molar refractivity (Wildman–Crippen MR) is 191 cm³/mol. The Hall–Kier alpha value is -5.38. The average Bonchev–Trinajstić information content (AvgIpc) is 3.44. The second kappa shape index (κ2) is 14.6. The summed E-state index contributed by atoms with van der Waals surface area (Å²) >= 11 is 0. The summed E-state index contributed by atoms with van der Waals surface area (Å²) in [5.74, 6) is -4.02. The van der Waals surface area contributed by atoms with E-state index in [9.17, 15) is 33.9 Å². The van der Waals surface area contributed by atoms with Crippen LogP contribution < -0.4 is 26.8 Å². The zero-order chi connectivity index (χ0) is 39.2. The number of aromatic nitrogens is 2. The van der Waals surface area contributed by atoms with E-state index in [-0.39, 0.29) is 47.8 Å². The van der Waals surface area contributed by atoms with Crippen LogP contribution in [0.25, 0.3) is 22.3 Å². The SMILES string of the molecule is CCc1c2c(nc3cc(F)c(NC(=O)CNC(=O)[C@H](C)NC(=O)[C@@H](NC(=O)OC(C)(C)C)C(C)C)cc13)-c1cc3c(c(=O)n1C2)COC(=O)[C@]3(O)CC. The molecule has 16 heteroatoms. The first-order valence-electron chi connectivity index (χ1n) is 17.5. The van der Waals surface area contributed by atoms with Gasteiger partial charge in [-0.1, -0.05) is 27.7 Å². The van der Waals surface area contributed by atoms with Gasteiger partial charge < -0.3 is 40.4 Å². The molecular weight excluding hydrogens is 691 g/mol. The molecule has 0 bridgehead atoms. The lowest BCUT2D eigenvalue weighted by atomic mass is 9.86. The van der Waals surface area contributed by atoms with E-state index in [1.165, 1.54) is 17.6 Å². The Bertz CT molecular complexity index is 2090. The molecule has 0 saturated heterocycles. The number of alkyl carbamates (subject to hydrolysis) is 1. The van der Waals surface area contributed by atoms with Crippen molar-refractivity contribution in [3.05, 3.63) is 56.6 Å². The summed E-state index contributed by atoms with van der Waals surface area (Å²) < 4.78 is 27.3. The van der Waals surface area contributed by atoms with Crippen LogP contribution in [0.5, 0.6) is 0 Å². The van der Waals surface area contributed by atoms with E-state index in [4.69, 9.17) is 14.5 Å². The number of benzene rings is 1. The number of hydrogen-bond donors (Lipinski definition) is 5. The van der Waals surface area contributed by atoms with Gasteiger partial charge in [0.2, 0.25) is 17.7 Å². The Kier molecular flexibility index (Phi) is 10.7. The first-order valence-corrected chi connectivity index (χ1v) is 17.5. The maximum Gasteiger partial charge on any atom is 0.408 e. The smallest absolute Gasteiger partial charge is 0.408 e. The van der Waals surface area contributed by atoms with Gasteiger partial charge in [0.15, 0.2) is 5.60 Å². The van der Waals surface area contributed by atoms with Gasteiger partial charge in [-0.05, 0) is 64.2 Å². The van der Waals surface area contributed by atoms with Gasteiger partial charge in [-0.25, -0.2) is 19.0 Å². The fourth-order valence-corrected chi connectivity index (χ4v) is 6.54. The van der Waals surface area contributed by atoms with E-state index in [1.54, 1.807) is 47.6 Å². The van der Waals surface area contributed by atoms with Gasteiger partial charge >= 0.3 is 12.1 Å². The molecular formula is C37H45FN6O9. The Balaban J connectivity index is 1.30. The first-order chi connectivity index (χ1) is 24.8. The van der Waals surface area contributed by atoms with Crippen molar-refractivity contribution in [1.82, 2.24) is 25.5 Å². The van der Waals surface area contributed by atoms with E-state index in [1.807, 2.05) is 6.92 Å². The molecule has 0 aliphatic carbocycles. The number of anilines is 1. The van der Waals surface area contributed by atoms with Gasteiger partial charge in [0.05, 0.1) is 41.2 Å². The predicted octanol–water partition coefficient (Wildman–Crippen LogP) is 2.89. The largest absolute Gasteiger partial charge is 0.458 e. The van der Waals surface area contributed by atoms with Crippen molar-refractivity contribution in [2.75, 3.05) is 11.9 Å². The van der Waals surface area contributed by atoms with Crippen molar-refractivity contribution in [1.29, 1.82) is 0 Å². The third-order valence-corrected chi connectivity index (χ3v) is 9.32. The summed E-state index contributed by atoms with van der Waals surface area (Å²) in [4.78, 5) is 81.6. The molecule has 0 spiro atoms. The van der Waals surface area contributed by atoms with Crippen molar-refractivity contribution in [3.63, 3.8) is 0 Å². The minimum absolute atomic E-state index is 0.00721. The minimum Gasteiger partial charge on any atom is -0.458 e. The van der Waals surface area contributed by atoms with E-state index >= 15 is 4.39 Å². The normalized spacial score (nSPS) is 17.2. The first kappa shape index (κ1) is 38.8. The molecule has 284 valence electrons. The van der Waals surface area contributed by atoms with Gasteiger partial charge in [0.25, 0.3) is 5.56 Å². The summed E-state index contributed by atoms with van der Waals surface area (Å²) in [7, 11) is 0. The fourth-order valence-electron chi connectivity index (χ4n) is 6.54. The molecule has 2 aromatic heterocycles. The van der Waals surface area contributed by atoms with E-state index < -0.39 is 71.0 Å². The van der Waals surface area contributed by atoms with Crippen molar-refractivity contribution in [2.45, 2.75) is 105 Å². The molecule has 15 nitrogen and oxygen atoms in total. The summed E-state index contributed by atoms with van der Waals surface area (Å²) in [5.41, 5.74) is -0.448. The highest BCUT2D eigenvalue weighted by Crippen LogP contribution is 2.41. The van der Waals surface area contributed by atoms with Crippen LogP contribution in [0.3, 0.4) is 0 Å². The number of nitrogens with zero attached hydrogens (tertiary/aromatic N) is 2. The quantitative estimate of drug-likeness (QED) is 0.151. The molecule has 5 rings (SSSR count). The zero-order valence-electron chi connectivity index (χ0n) is 31.0. The molecule has 4 amide bonds. The number of ether oxygens (including phenoxy) is 2. The molecule has 0 saturated carbocycles. The topological polar surface area (TPSA) is 207 Å². The highest BCUT2D eigenvalue weighted by atomic mass is 19.1. The molecule has 0 unspecified atom stereocenters. The van der Waals surface area contributed by atoms with Crippen LogP contribution in [-0.2, 0) is 53.8 Å². The molecule has 4 heterocycles. The lowest BCUT2D eigenvalue weighted by Crippen LogP contribution is -2.55. The van der Waals surface area contributed by atoms with Gasteiger partial charge in [0.1, 0.15) is 30.1 Å². The number of carbonyl (C=O) groups is 5. The van der Waals surface area contributed by atoms with Crippen LogP contribution in [0.15, 0.2) is 23.0 Å². The van der Waals surface area contributed by atoms with Crippen LogP contribution in [-0.4, -0.2) is 68.7 Å². The van der Waals surface area contributed by atoms with Crippen LogP contribution in [0.1, 0.15) is 84.1 Å². The fraction of sp³-hybridized carbons (Fsp3) is 0.486. The van der Waals surface area contributed by atoms with Gasteiger partial charge in [0, 0.05) is 22.6 Å². The number of hydrogen-bond acceptors (Lipinski definition) is 10. The third kappa shape index (κ3) is 7.59. The molecule has 0 radical (unpaired) electrons. The van der Waals surface area contributed by atoms with Crippen LogP contribution in [0.4, 0.5) is 14.9 Å². The molecule has 1 aromatic carbocycles. The second-order valence-corrected chi connectivity index (χ2v) is 14.6. The zero-order valence-corrected chi connectivity index (χ0v) is 31.0. The maximum absolute atomic E-state index is 15.5. The molecule has 53 heavy (non-hydrogen) atoms. The molecule has 3 atom stereocenters. The Labute approximate surface area is 305 Å². The van der Waals surface area contributed by atoms with Crippen molar-refractivity contribution >= 4 is 46.4 Å². The lowest BCUT2D eigenvalue weighted by Gasteiger charge is -2.31. The summed E-state index contributed by atoms with van der Waals surface area (Å²) in [5, 5.41) is 21.6. The monoisotopic (exact) mass is 736 g/mol. The molecule has 5 N–H and O–H groups in total. The molecule has 0 fully saturated rings. The Morgan fingerprint density at radius 1 is 1.06 bits per heavy atom. The highest BCUT2D eigenvalue weighted by molar-refractivity contribution is 5.99. The standard InChI is InChI=1S/C37H45FN6O9/c1-9-19-20-11-26(41-28(45)14-39-31(46)18(5)40-32(47)29(17(3)4)43-35(50)53-36(6,7)8)24(38)13-25(20)42-30-21(19)15-44-27(30)12-23-22(33(44)48)16-52-34(49)37(23,51)10-2/h11-13,17-18,29,51H,9-10,14-16H2,1-8H3,(H,39,46)(H,40,47)(H,41,45)(H,43,50)/t18-,29-,37-/m0/s1. The lowest BCUT2D eigenvalue weighted by molar-refractivity contribution is -0.172. The Morgan fingerprint density at radius 3 is 2.38 bits per heavy atom. The second-order valence-electron chi connectivity index (χ2n) is 14.6. The van der Waals surface area contributed by atoms with Crippen LogP contribution in [0.2, 0.25) is 0 Å². The average molecular weight is 737 g/mol. The minimum atomic E-state index is -1.99. The van der Waals surface area contributed by atoms with Crippen molar-refractivity contribution < 1.29 is 42.9 Å². The number of rotatable bonds is 10. The summed E-state index contributed by atoms with van der Waals surface area (Å²) in [6.07, 6.45) is -0.327. The number of fused-ring (bicyclic) bond motifs is 5. The number of aryl methyl sites for hydroxylation is 1. The Morgan fingerprint density at radius 2 is 1.75 bits per heavy atom. The number of esters is 1. The van der Waals surface area contributed by atoms with Crippen LogP contribution in [0, 0.1) is 11.7 Å². The molecule has 2 aliphatic heterocycles. The maximum atomic E-state index is 15.5. The van der Waals surface area contributed by atoms with Gasteiger partial charge in [-0.3, -0.25) is 19.2 Å². The number of nitrogens with one attached hydrogen (secondary N) is 4. The summed E-state index contributed by atoms with van der Waals surface area (Å²) in [6.45, 7) is 12.7. The number of halogens is 1. The van der Waals surface area contributed by atoms with Crippen molar-refractivity contribution in [2.24, 2.45) is 5.92 Å². The number of pyridine rings is 2. The van der Waals surface area contributed by atoms with Crippen molar-refractivity contribution in [3.8, 4) is 11.4 Å². The highest BCUT2D eigenvalue weighted by Gasteiger charge is 2.45. The molecule has 3 aromatic rings. The van der Waals surface area contributed by atoms with Crippen LogP contribution >= 0.6 is 0 Å². The van der Waals surface area contributed by atoms with E-state index in [0.29, 0.717) is 28.8 Å². The number of amides is 4. The van der Waals surface area contributed by atoms with E-state index in [2.05, 4.69) is 21.3 Å². The third-order valence-electron chi connectivity index (χ3n) is 9.32. The number of aliphatic hydroxyl groups is 1. The van der Waals surface area contributed by atoms with Gasteiger partial charge in [-0.15, -0.1) is 0 Å². The number of cyclic esters (lactones) is 1. The van der Waals surface area contributed by atoms with E-state index in [0.717, 1.165) is 11.6 Å². The molecule has 2 aliphatic rings. The summed E-state index contributed by atoms with van der Waals surface area (Å²) in [6, 6.07) is 2.11. The number of carbonyl (C=O) groups excluding carboxylic acids is 5. The van der Waals surface area contributed by atoms with Gasteiger partial charge in [-0.2, -0.15) is 0 Å².